The summed E-state index contributed by atoms with van der Waals surface area (Å²) in [5.41, 5.74) is 0.303. The summed E-state index contributed by atoms with van der Waals surface area (Å²) in [5.74, 6) is -0.320. The highest BCUT2D eigenvalue weighted by molar-refractivity contribution is 7.91. The molecule has 1 aromatic heterocycles. The van der Waals surface area contributed by atoms with Gasteiger partial charge in [0.05, 0.1) is 5.69 Å². The summed E-state index contributed by atoms with van der Waals surface area (Å²) < 4.78 is 22.3. The van der Waals surface area contributed by atoms with Gasteiger partial charge in [0.25, 0.3) is 0 Å². The lowest BCUT2D eigenvalue weighted by molar-refractivity contribution is -0.119. The zero-order valence-corrected chi connectivity index (χ0v) is 11.5. The number of aromatic nitrogens is 1. The van der Waals surface area contributed by atoms with Crippen LogP contribution in [0.1, 0.15) is 26.0 Å². The highest BCUT2D eigenvalue weighted by atomic mass is 32.2. The molecule has 1 amide bonds. The van der Waals surface area contributed by atoms with Crippen LogP contribution in [0.5, 0.6) is 0 Å². The highest BCUT2D eigenvalue weighted by Crippen LogP contribution is 2.26. The maximum Gasteiger partial charge on any atom is 0.249 e. The summed E-state index contributed by atoms with van der Waals surface area (Å²) in [6, 6.07) is 0. The Morgan fingerprint density at radius 3 is 2.59 bits per heavy atom. The smallest absolute Gasteiger partial charge is 0.249 e. The van der Waals surface area contributed by atoms with Gasteiger partial charge in [-0.05, 0) is 13.3 Å². The topological polar surface area (TPSA) is 102 Å². The van der Waals surface area contributed by atoms with E-state index in [2.05, 4.69) is 10.3 Å². The molecule has 3 N–H and O–H groups in total. The molecule has 8 heteroatoms. The van der Waals surface area contributed by atoms with E-state index in [4.69, 9.17) is 5.14 Å². The van der Waals surface area contributed by atoms with E-state index in [9.17, 15) is 13.2 Å². The lowest BCUT2D eigenvalue weighted by Gasteiger charge is -2.06. The van der Waals surface area contributed by atoms with E-state index < -0.39 is 10.0 Å². The molecular formula is C9H15N3O3S2. The molecule has 1 aromatic rings. The average molecular weight is 277 g/mol. The van der Waals surface area contributed by atoms with Crippen molar-refractivity contribution < 1.29 is 13.2 Å². The minimum absolute atomic E-state index is 0.0167. The van der Waals surface area contributed by atoms with Crippen LogP contribution < -0.4 is 10.5 Å². The first-order valence-electron chi connectivity index (χ1n) is 5.06. The number of nitrogens with two attached hydrogens (primary N) is 1. The number of nitrogens with one attached hydrogen (secondary N) is 1. The SMILES string of the molecule is CCC(C)C(=O)Nc1nc(C)c(S(N)(=O)=O)s1. The number of nitrogens with zero attached hydrogens (tertiary/aromatic N) is 1. The molecule has 0 aromatic carbocycles. The Kier molecular flexibility index (Phi) is 4.23. The number of aryl methyl sites for hydroxylation is 1. The molecule has 96 valence electrons. The molecule has 6 nitrogen and oxygen atoms in total. The normalized spacial score (nSPS) is 13.4. The van der Waals surface area contributed by atoms with Gasteiger partial charge in [-0.1, -0.05) is 25.2 Å². The first kappa shape index (κ1) is 14.1. The van der Waals surface area contributed by atoms with Crippen molar-refractivity contribution in [3.63, 3.8) is 0 Å². The predicted octanol–water partition coefficient (Wildman–Crippen LogP) is 1.08. The molecule has 1 rings (SSSR count). The molecule has 0 aliphatic heterocycles. The first-order valence-corrected chi connectivity index (χ1v) is 7.43. The minimum atomic E-state index is -3.77. The Labute approximate surface area is 104 Å². The van der Waals surface area contributed by atoms with Crippen molar-refractivity contribution in [2.75, 3.05) is 5.32 Å². The number of anilines is 1. The molecule has 0 saturated carbocycles. The summed E-state index contributed by atoms with van der Waals surface area (Å²) in [6.07, 6.45) is 0.707. The van der Waals surface area contributed by atoms with Crippen LogP contribution in [0, 0.1) is 12.8 Å². The Morgan fingerprint density at radius 1 is 1.59 bits per heavy atom. The van der Waals surface area contributed by atoms with Crippen molar-refractivity contribution in [2.45, 2.75) is 31.4 Å². The summed E-state index contributed by atoms with van der Waals surface area (Å²) in [5, 5.41) is 7.85. The van der Waals surface area contributed by atoms with E-state index in [1.807, 2.05) is 6.92 Å². The van der Waals surface area contributed by atoms with Crippen molar-refractivity contribution in [1.82, 2.24) is 4.98 Å². The van der Waals surface area contributed by atoms with Gasteiger partial charge in [-0.3, -0.25) is 4.79 Å². The van der Waals surface area contributed by atoms with Crippen LogP contribution in [-0.2, 0) is 14.8 Å². The fourth-order valence-corrected chi connectivity index (χ4v) is 2.98. The van der Waals surface area contributed by atoms with Gasteiger partial charge in [0.2, 0.25) is 15.9 Å². The maximum atomic E-state index is 11.6. The fraction of sp³-hybridized carbons (Fsp3) is 0.556. The van der Waals surface area contributed by atoms with Crippen LogP contribution in [0.25, 0.3) is 0 Å². The van der Waals surface area contributed by atoms with Gasteiger partial charge in [-0.2, -0.15) is 0 Å². The molecule has 17 heavy (non-hydrogen) atoms. The third-order valence-electron chi connectivity index (χ3n) is 2.30. The van der Waals surface area contributed by atoms with Crippen LogP contribution >= 0.6 is 11.3 Å². The Hall–Kier alpha value is -0.990. The molecule has 0 fully saturated rings. The number of sulfonamides is 1. The van der Waals surface area contributed by atoms with E-state index in [-0.39, 0.29) is 21.2 Å². The summed E-state index contributed by atoms with van der Waals surface area (Å²) >= 11 is 0.867. The molecule has 0 saturated heterocycles. The molecule has 0 aliphatic carbocycles. The maximum absolute atomic E-state index is 11.6. The van der Waals surface area contributed by atoms with Gasteiger partial charge in [0.15, 0.2) is 9.34 Å². The van der Waals surface area contributed by atoms with Crippen LogP contribution in [-0.4, -0.2) is 19.3 Å². The number of hydrogen-bond acceptors (Lipinski definition) is 5. The zero-order chi connectivity index (χ0) is 13.2. The molecule has 0 bridgehead atoms. The molecule has 0 radical (unpaired) electrons. The number of carbonyl (C=O) groups is 1. The highest BCUT2D eigenvalue weighted by Gasteiger charge is 2.19. The van der Waals surface area contributed by atoms with Gasteiger partial charge in [-0.15, -0.1) is 0 Å². The summed E-state index contributed by atoms with van der Waals surface area (Å²) in [4.78, 5) is 15.5. The van der Waals surface area contributed by atoms with Crippen molar-refractivity contribution in [3.8, 4) is 0 Å². The van der Waals surface area contributed by atoms with Gasteiger partial charge in [-0.25, -0.2) is 18.5 Å². The van der Waals surface area contributed by atoms with Gasteiger partial charge in [0, 0.05) is 5.92 Å². The van der Waals surface area contributed by atoms with Crippen molar-refractivity contribution in [2.24, 2.45) is 11.1 Å². The van der Waals surface area contributed by atoms with E-state index in [1.165, 1.54) is 6.92 Å². The minimum Gasteiger partial charge on any atom is -0.302 e. The molecule has 1 atom stereocenters. The lowest BCUT2D eigenvalue weighted by atomic mass is 10.1. The van der Waals surface area contributed by atoms with Crippen LogP contribution in [0.3, 0.4) is 0 Å². The largest absolute Gasteiger partial charge is 0.302 e. The average Bonchev–Trinajstić information content (AvgIpc) is 2.57. The van der Waals surface area contributed by atoms with Gasteiger partial charge >= 0.3 is 0 Å². The second kappa shape index (κ2) is 5.11. The Balaban J connectivity index is 2.93. The van der Waals surface area contributed by atoms with E-state index >= 15 is 0 Å². The molecule has 0 spiro atoms. The molecule has 0 aliphatic rings. The third kappa shape index (κ3) is 3.48. The lowest BCUT2D eigenvalue weighted by Crippen LogP contribution is -2.19. The van der Waals surface area contributed by atoms with Crippen molar-refractivity contribution in [1.29, 1.82) is 0 Å². The predicted molar refractivity (Wildman–Crippen MR) is 66.3 cm³/mol. The standard InChI is InChI=1S/C9H15N3O3S2/c1-4-5(2)7(13)12-9-11-6(3)8(16-9)17(10,14)15/h5H,4H2,1-3H3,(H2,10,14,15)(H,11,12,13). The monoisotopic (exact) mass is 277 g/mol. The summed E-state index contributed by atoms with van der Waals surface area (Å²) in [7, 11) is -3.77. The van der Waals surface area contributed by atoms with Crippen LogP contribution in [0.15, 0.2) is 4.21 Å². The number of rotatable bonds is 4. The Bertz CT molecular complexity index is 522. The first-order chi connectivity index (χ1) is 7.75. The van der Waals surface area contributed by atoms with Gasteiger partial charge < -0.3 is 5.32 Å². The number of carbonyl (C=O) groups excluding carboxylic acids is 1. The third-order valence-corrected chi connectivity index (χ3v) is 4.93. The van der Waals surface area contributed by atoms with Crippen LogP contribution in [0.4, 0.5) is 5.13 Å². The fourth-order valence-electron chi connectivity index (χ4n) is 1.11. The molecule has 1 unspecified atom stereocenters. The van der Waals surface area contributed by atoms with Gasteiger partial charge in [0.1, 0.15) is 0 Å². The second-order valence-corrected chi connectivity index (χ2v) is 6.49. The van der Waals surface area contributed by atoms with Crippen molar-refractivity contribution >= 4 is 32.4 Å². The number of hydrogen-bond donors (Lipinski definition) is 2. The summed E-state index contributed by atoms with van der Waals surface area (Å²) in [6.45, 7) is 5.22. The molecular weight excluding hydrogens is 262 g/mol. The quantitative estimate of drug-likeness (QED) is 0.859. The number of thiazole rings is 1. The number of amides is 1. The zero-order valence-electron chi connectivity index (χ0n) is 9.85. The van der Waals surface area contributed by atoms with E-state index in [1.54, 1.807) is 6.92 Å². The second-order valence-electron chi connectivity index (χ2n) is 3.74. The van der Waals surface area contributed by atoms with E-state index in [0.29, 0.717) is 12.1 Å². The van der Waals surface area contributed by atoms with E-state index in [0.717, 1.165) is 11.3 Å². The Morgan fingerprint density at radius 2 is 2.18 bits per heavy atom. The number of primary sulfonamides is 1. The van der Waals surface area contributed by atoms with Crippen LogP contribution in [0.2, 0.25) is 0 Å². The molecule has 1 heterocycles. The van der Waals surface area contributed by atoms with Crippen molar-refractivity contribution in [3.05, 3.63) is 5.69 Å².